The van der Waals surface area contributed by atoms with Gasteiger partial charge in [-0.25, -0.2) is 0 Å². The Hall–Kier alpha value is -1.17. The molecule has 0 aliphatic heterocycles. The summed E-state index contributed by atoms with van der Waals surface area (Å²) in [6.07, 6.45) is -0.807. The predicted molar refractivity (Wildman–Crippen MR) is 77.3 cm³/mol. The first-order valence-corrected chi connectivity index (χ1v) is 6.41. The van der Waals surface area contributed by atoms with Crippen molar-refractivity contribution in [2.24, 2.45) is 0 Å². The van der Waals surface area contributed by atoms with Gasteiger partial charge in [0, 0.05) is 0 Å². The Bertz CT molecular complexity index is 554. The van der Waals surface area contributed by atoms with Crippen LogP contribution in [-0.4, -0.2) is 22.7 Å². The number of carbonyl (C=O) groups is 1. The first kappa shape index (κ1) is 17.9. The van der Waals surface area contributed by atoms with E-state index in [-0.39, 0.29) is 37.5 Å². The predicted octanol–water partition coefficient (Wildman–Crippen LogP) is -0.748. The van der Waals surface area contributed by atoms with Gasteiger partial charge in [-0.3, -0.25) is 10.1 Å². The minimum absolute atomic E-state index is 0. The number of carboxylic acid groups (broad SMARTS) is 1. The van der Waals surface area contributed by atoms with Crippen LogP contribution >= 0.6 is 0 Å². The molecule has 0 unspecified atom stereocenters. The van der Waals surface area contributed by atoms with Gasteiger partial charge < -0.3 is 11.6 Å². The van der Waals surface area contributed by atoms with E-state index in [2.05, 4.69) is 5.32 Å². The van der Waals surface area contributed by atoms with Crippen molar-refractivity contribution in [2.45, 2.75) is 12.1 Å². The van der Waals surface area contributed by atoms with Crippen LogP contribution in [0.5, 0.6) is 0 Å². The molecular formula is C16H18NNaO3. The van der Waals surface area contributed by atoms with Crippen molar-refractivity contribution >= 4 is 5.97 Å². The number of aliphatic hydroxyl groups is 1. The van der Waals surface area contributed by atoms with Gasteiger partial charge in [0.15, 0.2) is 0 Å². The molecule has 5 heteroatoms. The van der Waals surface area contributed by atoms with Crippen molar-refractivity contribution in [2.75, 3.05) is 6.54 Å². The average molecular weight is 295 g/mol. The fourth-order valence-electron chi connectivity index (χ4n) is 2.11. The van der Waals surface area contributed by atoms with E-state index in [0.29, 0.717) is 0 Å². The number of nitrogens with one attached hydrogen (secondary N) is 1. The third kappa shape index (κ3) is 5.26. The van der Waals surface area contributed by atoms with E-state index in [1.54, 1.807) is 0 Å². The molecule has 3 N–H and O–H groups in total. The number of benzene rings is 2. The van der Waals surface area contributed by atoms with E-state index in [0.717, 1.165) is 11.1 Å². The van der Waals surface area contributed by atoms with Gasteiger partial charge in [0.2, 0.25) is 0 Å². The molecule has 0 bridgehead atoms. The molecular weight excluding hydrogens is 277 g/mol. The number of hydrogen-bond donors (Lipinski definition) is 3. The summed E-state index contributed by atoms with van der Waals surface area (Å²) in [5.41, 5.74) is 1.60. The molecule has 0 saturated carbocycles. The molecule has 0 amide bonds. The second kappa shape index (κ2) is 8.97. The summed E-state index contributed by atoms with van der Waals surface area (Å²) in [4.78, 5) is 10.8. The molecule has 2 aromatic carbocycles. The third-order valence-electron chi connectivity index (χ3n) is 3.09. The molecule has 0 aliphatic rings. The van der Waals surface area contributed by atoms with E-state index in [1.807, 2.05) is 60.7 Å². The molecule has 0 fully saturated rings. The van der Waals surface area contributed by atoms with Crippen molar-refractivity contribution in [1.82, 2.24) is 5.32 Å². The Kier molecular flexibility index (Phi) is 7.64. The number of aliphatic carboxylic acids is 1. The Morgan fingerprint density at radius 2 is 1.48 bits per heavy atom. The van der Waals surface area contributed by atoms with E-state index in [1.165, 1.54) is 0 Å². The topological polar surface area (TPSA) is 69.6 Å². The van der Waals surface area contributed by atoms with Gasteiger partial charge in [0.05, 0.1) is 18.7 Å². The van der Waals surface area contributed by atoms with Gasteiger partial charge in [-0.1, -0.05) is 60.7 Å². The molecule has 0 saturated heterocycles. The molecule has 0 radical (unpaired) electrons. The molecule has 2 rings (SSSR count). The first-order chi connectivity index (χ1) is 9.68. The SMILES string of the molecule is O=C(O)CN[C@@H](c1ccccc1)[C@@H](O)c1ccccc1.[H-].[Na+]. The summed E-state index contributed by atoms with van der Waals surface area (Å²) in [5.74, 6) is -0.953. The van der Waals surface area contributed by atoms with Crippen molar-refractivity contribution < 1.29 is 46.0 Å². The van der Waals surface area contributed by atoms with E-state index in [9.17, 15) is 9.90 Å². The molecule has 0 heterocycles. The van der Waals surface area contributed by atoms with Gasteiger partial charge in [0.1, 0.15) is 0 Å². The maximum absolute atomic E-state index is 10.8. The van der Waals surface area contributed by atoms with Crippen molar-refractivity contribution in [3.05, 3.63) is 71.8 Å². The Labute approximate surface area is 147 Å². The Balaban J connectivity index is 0.00000220. The van der Waals surface area contributed by atoms with Crippen LogP contribution < -0.4 is 34.9 Å². The number of carboxylic acids is 1. The first-order valence-electron chi connectivity index (χ1n) is 6.41. The van der Waals surface area contributed by atoms with Gasteiger partial charge in [0.25, 0.3) is 0 Å². The minimum Gasteiger partial charge on any atom is -1.00 e. The average Bonchev–Trinajstić information content (AvgIpc) is 2.49. The summed E-state index contributed by atoms with van der Waals surface area (Å²) in [6.45, 7) is -0.205. The summed E-state index contributed by atoms with van der Waals surface area (Å²) < 4.78 is 0. The number of rotatable bonds is 6. The maximum atomic E-state index is 10.8. The molecule has 2 aromatic rings. The van der Waals surface area contributed by atoms with Crippen LogP contribution in [0.1, 0.15) is 24.7 Å². The quantitative estimate of drug-likeness (QED) is 0.614. The van der Waals surface area contributed by atoms with E-state index < -0.39 is 18.1 Å². The molecule has 2 atom stereocenters. The van der Waals surface area contributed by atoms with Gasteiger partial charge in [-0.05, 0) is 11.1 Å². The van der Waals surface area contributed by atoms with Crippen molar-refractivity contribution in [3.8, 4) is 0 Å². The van der Waals surface area contributed by atoms with E-state index in [4.69, 9.17) is 5.11 Å². The van der Waals surface area contributed by atoms with Gasteiger partial charge in [-0.15, -0.1) is 0 Å². The van der Waals surface area contributed by atoms with Crippen molar-refractivity contribution in [3.63, 3.8) is 0 Å². The van der Waals surface area contributed by atoms with Crippen LogP contribution in [-0.2, 0) is 4.79 Å². The fraction of sp³-hybridized carbons (Fsp3) is 0.188. The van der Waals surface area contributed by atoms with Crippen LogP contribution in [0.3, 0.4) is 0 Å². The zero-order valence-corrected chi connectivity index (χ0v) is 13.9. The summed E-state index contributed by atoms with van der Waals surface area (Å²) >= 11 is 0. The standard InChI is InChI=1S/C16H17NO3.Na.H/c18-14(19)11-17-15(12-7-3-1-4-8-12)16(20)13-9-5-2-6-10-13;;/h1-10,15-17,20H,11H2,(H,18,19);;/q;+1;-1/t15-,16-;;/m0../s1. The van der Waals surface area contributed by atoms with Crippen molar-refractivity contribution in [1.29, 1.82) is 0 Å². The number of hydrogen-bond acceptors (Lipinski definition) is 3. The zero-order chi connectivity index (χ0) is 14.4. The van der Waals surface area contributed by atoms with Crippen LogP contribution in [0.2, 0.25) is 0 Å². The molecule has 106 valence electrons. The van der Waals surface area contributed by atoms with Gasteiger partial charge >= 0.3 is 35.5 Å². The Morgan fingerprint density at radius 3 is 1.95 bits per heavy atom. The van der Waals surface area contributed by atoms with E-state index >= 15 is 0 Å². The molecule has 0 spiro atoms. The minimum atomic E-state index is -0.953. The second-order valence-electron chi connectivity index (χ2n) is 4.52. The zero-order valence-electron chi connectivity index (χ0n) is 12.9. The smallest absolute Gasteiger partial charge is 1.00 e. The van der Waals surface area contributed by atoms with Crippen LogP contribution in [0.15, 0.2) is 60.7 Å². The number of aliphatic hydroxyl groups excluding tert-OH is 1. The fourth-order valence-corrected chi connectivity index (χ4v) is 2.11. The van der Waals surface area contributed by atoms with Crippen LogP contribution in [0.25, 0.3) is 0 Å². The molecule has 4 nitrogen and oxygen atoms in total. The van der Waals surface area contributed by atoms with Gasteiger partial charge in [-0.2, -0.15) is 0 Å². The molecule has 0 aliphatic carbocycles. The normalized spacial score (nSPS) is 13.0. The summed E-state index contributed by atoms with van der Waals surface area (Å²) in [7, 11) is 0. The third-order valence-corrected chi connectivity index (χ3v) is 3.09. The Morgan fingerprint density at radius 1 is 1.00 bits per heavy atom. The summed E-state index contributed by atoms with van der Waals surface area (Å²) in [5, 5.41) is 22.2. The second-order valence-corrected chi connectivity index (χ2v) is 4.52. The monoisotopic (exact) mass is 295 g/mol. The summed E-state index contributed by atoms with van der Waals surface area (Å²) in [6, 6.07) is 18.1. The maximum Gasteiger partial charge on any atom is 1.00 e. The molecule has 0 aromatic heterocycles. The largest absolute Gasteiger partial charge is 1.00 e. The van der Waals surface area contributed by atoms with Crippen LogP contribution in [0, 0.1) is 0 Å². The molecule has 21 heavy (non-hydrogen) atoms. The van der Waals surface area contributed by atoms with Crippen LogP contribution in [0.4, 0.5) is 0 Å².